The monoisotopic (exact) mass is 268 g/mol. The number of rotatable bonds is 5. The van der Waals surface area contributed by atoms with E-state index >= 15 is 0 Å². The van der Waals surface area contributed by atoms with Crippen LogP contribution in [0.2, 0.25) is 0 Å². The Labute approximate surface area is 118 Å². The van der Waals surface area contributed by atoms with E-state index < -0.39 is 0 Å². The van der Waals surface area contributed by atoms with E-state index in [-0.39, 0.29) is 12.0 Å². The minimum Gasteiger partial charge on any atom is -0.342 e. The predicted molar refractivity (Wildman–Crippen MR) is 80.7 cm³/mol. The molecule has 2 N–H and O–H groups in total. The van der Waals surface area contributed by atoms with Crippen molar-refractivity contribution in [2.45, 2.75) is 59.9 Å². The zero-order chi connectivity index (χ0) is 14.6. The van der Waals surface area contributed by atoms with Crippen LogP contribution in [0.1, 0.15) is 53.9 Å². The van der Waals surface area contributed by atoms with E-state index in [2.05, 4.69) is 39.5 Å². The van der Waals surface area contributed by atoms with Gasteiger partial charge in [-0.05, 0) is 30.6 Å². The lowest BCUT2D eigenvalue weighted by Gasteiger charge is -2.37. The molecule has 0 aromatic carbocycles. The molecule has 112 valence electrons. The molecule has 1 aliphatic carbocycles. The molecule has 0 aromatic rings. The van der Waals surface area contributed by atoms with Crippen LogP contribution in [-0.2, 0) is 4.79 Å². The fourth-order valence-corrected chi connectivity index (χ4v) is 3.12. The van der Waals surface area contributed by atoms with E-state index in [0.717, 1.165) is 32.4 Å². The fraction of sp³-hybridized carbons (Fsp3) is 0.938. The van der Waals surface area contributed by atoms with Gasteiger partial charge in [0.25, 0.3) is 0 Å². The Bertz CT molecular complexity index is 278. The third-order valence-corrected chi connectivity index (χ3v) is 4.16. The Morgan fingerprint density at radius 3 is 2.16 bits per heavy atom. The molecule has 0 aromatic heterocycles. The molecule has 1 fully saturated rings. The minimum absolute atomic E-state index is 0.140. The molecular weight excluding hydrogens is 236 g/mol. The lowest BCUT2D eigenvalue weighted by atomic mass is 9.76. The van der Waals surface area contributed by atoms with Gasteiger partial charge in [-0.25, -0.2) is 0 Å². The Morgan fingerprint density at radius 2 is 1.68 bits per heavy atom. The van der Waals surface area contributed by atoms with Gasteiger partial charge in [0, 0.05) is 25.0 Å². The van der Waals surface area contributed by atoms with Crippen LogP contribution < -0.4 is 5.73 Å². The van der Waals surface area contributed by atoms with Gasteiger partial charge in [0.1, 0.15) is 0 Å². The zero-order valence-corrected chi connectivity index (χ0v) is 13.4. The SMILES string of the molecule is CC(C)CN(CC(C)C)C(=O)C1CCCC(N)C1C. The van der Waals surface area contributed by atoms with E-state index in [0.29, 0.717) is 23.7 Å². The highest BCUT2D eigenvalue weighted by Crippen LogP contribution is 2.30. The zero-order valence-electron chi connectivity index (χ0n) is 13.4. The summed E-state index contributed by atoms with van der Waals surface area (Å²) in [4.78, 5) is 14.9. The van der Waals surface area contributed by atoms with E-state index in [1.165, 1.54) is 0 Å². The second-order valence-corrected chi connectivity index (χ2v) is 7.09. The summed E-state index contributed by atoms with van der Waals surface area (Å²) in [6, 6.07) is 0.197. The van der Waals surface area contributed by atoms with E-state index in [1.54, 1.807) is 0 Å². The smallest absolute Gasteiger partial charge is 0.226 e. The number of hydrogen-bond donors (Lipinski definition) is 1. The summed E-state index contributed by atoms with van der Waals surface area (Å²) in [6.07, 6.45) is 3.18. The summed E-state index contributed by atoms with van der Waals surface area (Å²) >= 11 is 0. The molecule has 1 amide bonds. The van der Waals surface area contributed by atoms with Crippen molar-refractivity contribution in [3.63, 3.8) is 0 Å². The Morgan fingerprint density at radius 1 is 1.16 bits per heavy atom. The third-order valence-electron chi connectivity index (χ3n) is 4.16. The molecule has 1 aliphatic rings. The molecule has 0 heterocycles. The number of nitrogens with zero attached hydrogens (tertiary/aromatic N) is 1. The topological polar surface area (TPSA) is 46.3 Å². The molecule has 19 heavy (non-hydrogen) atoms. The number of carbonyl (C=O) groups is 1. The average molecular weight is 268 g/mol. The highest BCUT2D eigenvalue weighted by Gasteiger charge is 2.35. The molecule has 3 atom stereocenters. The number of hydrogen-bond acceptors (Lipinski definition) is 2. The first-order chi connectivity index (χ1) is 8.82. The summed E-state index contributed by atoms with van der Waals surface area (Å²) in [5.74, 6) is 1.85. The van der Waals surface area contributed by atoms with Crippen molar-refractivity contribution in [1.82, 2.24) is 4.90 Å². The molecule has 3 heteroatoms. The van der Waals surface area contributed by atoms with Crippen LogP contribution in [-0.4, -0.2) is 29.9 Å². The maximum Gasteiger partial charge on any atom is 0.226 e. The first-order valence-corrected chi connectivity index (χ1v) is 7.87. The summed E-state index contributed by atoms with van der Waals surface area (Å²) in [7, 11) is 0. The molecule has 1 saturated carbocycles. The van der Waals surface area contributed by atoms with Crippen LogP contribution in [0, 0.1) is 23.7 Å². The van der Waals surface area contributed by atoms with Gasteiger partial charge >= 0.3 is 0 Å². The quantitative estimate of drug-likeness (QED) is 0.833. The standard InChI is InChI=1S/C16H32N2O/c1-11(2)9-18(10-12(3)4)16(19)14-7-6-8-15(17)13(14)5/h11-15H,6-10,17H2,1-5H3. The van der Waals surface area contributed by atoms with Crippen LogP contribution in [0.3, 0.4) is 0 Å². The highest BCUT2D eigenvalue weighted by molar-refractivity contribution is 5.79. The van der Waals surface area contributed by atoms with Crippen molar-refractivity contribution >= 4 is 5.91 Å². The minimum atomic E-state index is 0.140. The number of amides is 1. The second-order valence-electron chi connectivity index (χ2n) is 7.09. The maximum absolute atomic E-state index is 12.8. The van der Waals surface area contributed by atoms with Gasteiger partial charge in [-0.2, -0.15) is 0 Å². The first kappa shape index (κ1) is 16.5. The lowest BCUT2D eigenvalue weighted by Crippen LogP contribution is -2.47. The van der Waals surface area contributed by atoms with E-state index in [4.69, 9.17) is 5.73 Å². The van der Waals surface area contributed by atoms with Crippen LogP contribution in [0.5, 0.6) is 0 Å². The number of carbonyl (C=O) groups excluding carboxylic acids is 1. The molecule has 0 radical (unpaired) electrons. The van der Waals surface area contributed by atoms with Gasteiger partial charge in [-0.1, -0.05) is 41.0 Å². The van der Waals surface area contributed by atoms with E-state index in [1.807, 2.05) is 0 Å². The molecule has 1 rings (SSSR count). The van der Waals surface area contributed by atoms with Gasteiger partial charge in [-0.3, -0.25) is 4.79 Å². The largest absolute Gasteiger partial charge is 0.342 e. The molecule has 0 spiro atoms. The Balaban J connectivity index is 2.73. The summed E-state index contributed by atoms with van der Waals surface area (Å²) in [5.41, 5.74) is 6.14. The summed E-state index contributed by atoms with van der Waals surface area (Å²) in [6.45, 7) is 12.6. The molecule has 0 saturated heterocycles. The van der Waals surface area contributed by atoms with Gasteiger partial charge in [0.2, 0.25) is 5.91 Å². The Hall–Kier alpha value is -0.570. The molecule has 0 bridgehead atoms. The van der Waals surface area contributed by atoms with Crippen molar-refractivity contribution < 1.29 is 4.79 Å². The Kier molecular flexibility index (Phi) is 6.31. The molecule has 3 unspecified atom stereocenters. The van der Waals surface area contributed by atoms with Crippen molar-refractivity contribution in [3.05, 3.63) is 0 Å². The van der Waals surface area contributed by atoms with E-state index in [9.17, 15) is 4.79 Å². The lowest BCUT2D eigenvalue weighted by molar-refractivity contribution is -0.139. The van der Waals surface area contributed by atoms with Crippen LogP contribution in [0.25, 0.3) is 0 Å². The van der Waals surface area contributed by atoms with Crippen molar-refractivity contribution in [2.75, 3.05) is 13.1 Å². The van der Waals surface area contributed by atoms with Gasteiger partial charge in [0.15, 0.2) is 0 Å². The van der Waals surface area contributed by atoms with Crippen LogP contribution >= 0.6 is 0 Å². The second kappa shape index (κ2) is 7.28. The van der Waals surface area contributed by atoms with Gasteiger partial charge < -0.3 is 10.6 Å². The first-order valence-electron chi connectivity index (χ1n) is 7.87. The van der Waals surface area contributed by atoms with Crippen LogP contribution in [0.15, 0.2) is 0 Å². The van der Waals surface area contributed by atoms with Gasteiger partial charge in [-0.15, -0.1) is 0 Å². The van der Waals surface area contributed by atoms with Crippen molar-refractivity contribution in [2.24, 2.45) is 29.4 Å². The normalized spacial score (nSPS) is 27.9. The van der Waals surface area contributed by atoms with Crippen LogP contribution in [0.4, 0.5) is 0 Å². The maximum atomic E-state index is 12.8. The highest BCUT2D eigenvalue weighted by atomic mass is 16.2. The number of nitrogens with two attached hydrogens (primary N) is 1. The molecule has 0 aliphatic heterocycles. The fourth-order valence-electron chi connectivity index (χ4n) is 3.12. The molecular formula is C16H32N2O. The summed E-state index contributed by atoms with van der Waals surface area (Å²) in [5, 5.41) is 0. The van der Waals surface area contributed by atoms with Crippen molar-refractivity contribution in [3.8, 4) is 0 Å². The predicted octanol–water partition coefficient (Wildman–Crippen LogP) is 2.89. The van der Waals surface area contributed by atoms with Crippen molar-refractivity contribution in [1.29, 1.82) is 0 Å². The molecule has 3 nitrogen and oxygen atoms in total. The van der Waals surface area contributed by atoms with Gasteiger partial charge in [0.05, 0.1) is 0 Å². The average Bonchev–Trinajstić information content (AvgIpc) is 2.30. The summed E-state index contributed by atoms with van der Waals surface area (Å²) < 4.78 is 0. The third kappa shape index (κ3) is 4.79.